The number of rotatable bonds is 4. The first kappa shape index (κ1) is 13.2. The van der Waals surface area contributed by atoms with Crippen molar-refractivity contribution in [3.63, 3.8) is 0 Å². The number of hydrogen-bond donors (Lipinski definition) is 2. The Hall–Kier alpha value is -0.770. The predicted octanol–water partition coefficient (Wildman–Crippen LogP) is 4.23. The molecule has 0 aromatic carbocycles. The molecule has 0 bridgehead atoms. The van der Waals surface area contributed by atoms with Crippen molar-refractivity contribution in [1.82, 2.24) is 4.37 Å². The van der Waals surface area contributed by atoms with Gasteiger partial charge in [-0.05, 0) is 55.0 Å². The summed E-state index contributed by atoms with van der Waals surface area (Å²) in [6.45, 7) is 4.71. The van der Waals surface area contributed by atoms with Gasteiger partial charge in [0.1, 0.15) is 10.8 Å². The lowest BCUT2D eigenvalue weighted by Crippen LogP contribution is -2.35. The van der Waals surface area contributed by atoms with Gasteiger partial charge in [0.2, 0.25) is 0 Å². The molecule has 0 saturated heterocycles. The van der Waals surface area contributed by atoms with Crippen molar-refractivity contribution in [2.45, 2.75) is 64.3 Å². The highest BCUT2D eigenvalue weighted by molar-refractivity contribution is 7.10. The minimum Gasteiger partial charge on any atom is -0.383 e. The summed E-state index contributed by atoms with van der Waals surface area (Å²) in [4.78, 5) is 0. The zero-order valence-corrected chi connectivity index (χ0v) is 12.8. The van der Waals surface area contributed by atoms with E-state index in [0.717, 1.165) is 17.7 Å². The van der Waals surface area contributed by atoms with Crippen LogP contribution >= 0.6 is 11.5 Å². The van der Waals surface area contributed by atoms with Gasteiger partial charge in [0.25, 0.3) is 0 Å². The maximum Gasteiger partial charge on any atom is 0.142 e. The van der Waals surface area contributed by atoms with Crippen molar-refractivity contribution in [2.75, 3.05) is 11.1 Å². The van der Waals surface area contributed by atoms with E-state index in [1.165, 1.54) is 49.1 Å². The lowest BCUT2D eigenvalue weighted by Gasteiger charge is -2.35. The van der Waals surface area contributed by atoms with Crippen molar-refractivity contribution in [2.24, 2.45) is 11.8 Å². The molecule has 0 spiro atoms. The molecule has 1 aromatic heterocycles. The predicted molar refractivity (Wildman–Crippen MR) is 82.7 cm³/mol. The van der Waals surface area contributed by atoms with Gasteiger partial charge >= 0.3 is 0 Å². The quantitative estimate of drug-likeness (QED) is 0.867. The average molecular weight is 279 g/mol. The molecule has 2 aliphatic rings. The number of hydrogen-bond acceptors (Lipinski definition) is 4. The molecule has 3 N–H and O–H groups in total. The standard InChI is InChI=1S/C15H25N3S/c1-9(2)11-5-3-4-6-12(11)17-15-13(10-7-8-10)14(16)18-19-15/h9-12,17H,3-8H2,1-2H3,(H2,16,18). The third kappa shape index (κ3) is 2.73. The highest BCUT2D eigenvalue weighted by Gasteiger charge is 2.33. The van der Waals surface area contributed by atoms with Crippen LogP contribution < -0.4 is 11.1 Å². The van der Waals surface area contributed by atoms with Crippen LogP contribution in [-0.4, -0.2) is 10.4 Å². The Kier molecular flexibility index (Phi) is 3.70. The van der Waals surface area contributed by atoms with Crippen molar-refractivity contribution in [3.8, 4) is 0 Å². The Morgan fingerprint density at radius 3 is 2.63 bits per heavy atom. The van der Waals surface area contributed by atoms with E-state index >= 15 is 0 Å². The van der Waals surface area contributed by atoms with Crippen LogP contribution in [0.25, 0.3) is 0 Å². The van der Waals surface area contributed by atoms with Crippen LogP contribution in [0.2, 0.25) is 0 Å². The summed E-state index contributed by atoms with van der Waals surface area (Å²) in [7, 11) is 0. The van der Waals surface area contributed by atoms with Crippen LogP contribution in [0.3, 0.4) is 0 Å². The fraction of sp³-hybridized carbons (Fsp3) is 0.800. The van der Waals surface area contributed by atoms with Crippen LogP contribution in [0, 0.1) is 11.8 Å². The van der Waals surface area contributed by atoms with E-state index in [1.54, 1.807) is 11.5 Å². The second-order valence-corrected chi connectivity index (χ2v) is 7.30. The van der Waals surface area contributed by atoms with Crippen molar-refractivity contribution >= 4 is 22.4 Å². The second-order valence-electron chi connectivity index (χ2n) is 6.53. The Morgan fingerprint density at radius 2 is 1.95 bits per heavy atom. The molecule has 0 radical (unpaired) electrons. The fourth-order valence-electron chi connectivity index (χ4n) is 3.49. The number of aromatic nitrogens is 1. The summed E-state index contributed by atoms with van der Waals surface area (Å²) in [5.41, 5.74) is 7.36. The van der Waals surface area contributed by atoms with E-state index in [9.17, 15) is 0 Å². The van der Waals surface area contributed by atoms with Gasteiger partial charge in [-0.2, -0.15) is 4.37 Å². The third-order valence-corrected chi connectivity index (χ3v) is 5.54. The van der Waals surface area contributed by atoms with Crippen LogP contribution in [-0.2, 0) is 0 Å². The SMILES string of the molecule is CC(C)C1CCCCC1Nc1snc(N)c1C1CC1. The van der Waals surface area contributed by atoms with Gasteiger partial charge < -0.3 is 11.1 Å². The van der Waals surface area contributed by atoms with E-state index < -0.39 is 0 Å². The first-order valence-corrected chi connectivity index (χ1v) is 8.45. The molecule has 1 heterocycles. The van der Waals surface area contributed by atoms with E-state index in [0.29, 0.717) is 12.0 Å². The van der Waals surface area contributed by atoms with Gasteiger partial charge in [0, 0.05) is 11.6 Å². The summed E-state index contributed by atoms with van der Waals surface area (Å²) in [6, 6.07) is 0.617. The minimum absolute atomic E-state index is 0.617. The lowest BCUT2D eigenvalue weighted by molar-refractivity contribution is 0.254. The molecule has 0 aliphatic heterocycles. The normalized spacial score (nSPS) is 27.7. The Labute approximate surface area is 120 Å². The number of nitrogens with zero attached hydrogens (tertiary/aromatic N) is 1. The summed E-state index contributed by atoms with van der Waals surface area (Å²) in [6.07, 6.45) is 7.98. The monoisotopic (exact) mass is 279 g/mol. The van der Waals surface area contributed by atoms with Gasteiger partial charge in [0.15, 0.2) is 0 Å². The van der Waals surface area contributed by atoms with Crippen molar-refractivity contribution < 1.29 is 0 Å². The van der Waals surface area contributed by atoms with Gasteiger partial charge in [-0.1, -0.05) is 26.7 Å². The molecule has 3 rings (SSSR count). The van der Waals surface area contributed by atoms with Gasteiger partial charge in [-0.25, -0.2) is 0 Å². The number of nitrogens with two attached hydrogens (primary N) is 1. The molecule has 0 amide bonds. The van der Waals surface area contributed by atoms with Crippen LogP contribution in [0.15, 0.2) is 0 Å². The molecule has 106 valence electrons. The molecule has 2 atom stereocenters. The van der Waals surface area contributed by atoms with E-state index in [-0.39, 0.29) is 0 Å². The Bertz CT molecular complexity index is 437. The topological polar surface area (TPSA) is 50.9 Å². The maximum atomic E-state index is 6.04. The van der Waals surface area contributed by atoms with Crippen molar-refractivity contribution in [1.29, 1.82) is 0 Å². The first-order valence-electron chi connectivity index (χ1n) is 7.68. The Balaban J connectivity index is 1.76. The smallest absolute Gasteiger partial charge is 0.142 e. The zero-order chi connectivity index (χ0) is 13.4. The largest absolute Gasteiger partial charge is 0.383 e. The van der Waals surface area contributed by atoms with Crippen LogP contribution in [0.4, 0.5) is 10.8 Å². The maximum absolute atomic E-state index is 6.04. The van der Waals surface area contributed by atoms with E-state index in [4.69, 9.17) is 5.73 Å². The van der Waals surface area contributed by atoms with Crippen LogP contribution in [0.1, 0.15) is 63.9 Å². The molecule has 2 saturated carbocycles. The summed E-state index contributed by atoms with van der Waals surface area (Å²) in [5, 5.41) is 5.06. The van der Waals surface area contributed by atoms with Gasteiger partial charge in [-0.3, -0.25) is 0 Å². The van der Waals surface area contributed by atoms with E-state index in [2.05, 4.69) is 23.5 Å². The van der Waals surface area contributed by atoms with Crippen LogP contribution in [0.5, 0.6) is 0 Å². The Morgan fingerprint density at radius 1 is 1.21 bits per heavy atom. The highest BCUT2D eigenvalue weighted by atomic mass is 32.1. The third-order valence-electron chi connectivity index (χ3n) is 4.73. The average Bonchev–Trinajstić information content (AvgIpc) is 3.15. The lowest BCUT2D eigenvalue weighted by atomic mass is 9.78. The molecule has 3 nitrogen and oxygen atoms in total. The molecule has 2 unspecified atom stereocenters. The number of nitrogens with one attached hydrogen (secondary N) is 1. The molecular formula is C15H25N3S. The molecule has 2 aliphatic carbocycles. The van der Waals surface area contributed by atoms with Crippen molar-refractivity contribution in [3.05, 3.63) is 5.56 Å². The molecule has 19 heavy (non-hydrogen) atoms. The molecule has 2 fully saturated rings. The fourth-order valence-corrected chi connectivity index (χ4v) is 4.35. The first-order chi connectivity index (χ1) is 9.16. The summed E-state index contributed by atoms with van der Waals surface area (Å²) >= 11 is 1.57. The van der Waals surface area contributed by atoms with Gasteiger partial charge in [0.05, 0.1) is 0 Å². The second kappa shape index (κ2) is 5.31. The molecular weight excluding hydrogens is 254 g/mol. The number of nitrogen functional groups attached to an aromatic ring is 1. The summed E-state index contributed by atoms with van der Waals surface area (Å²) in [5.74, 6) is 3.01. The highest BCUT2D eigenvalue weighted by Crippen LogP contribution is 2.48. The molecule has 4 heteroatoms. The zero-order valence-electron chi connectivity index (χ0n) is 12.0. The molecule has 1 aromatic rings. The summed E-state index contributed by atoms with van der Waals surface area (Å²) < 4.78 is 4.37. The van der Waals surface area contributed by atoms with E-state index in [1.807, 2.05) is 0 Å². The van der Waals surface area contributed by atoms with Gasteiger partial charge in [-0.15, -0.1) is 0 Å². The number of anilines is 2. The minimum atomic E-state index is 0.617.